The zero-order valence-corrected chi connectivity index (χ0v) is 20.4. The molecule has 8 heteroatoms. The summed E-state index contributed by atoms with van der Waals surface area (Å²) in [6, 6.07) is 7.74. The molecular formula is C25H30N4O3S. The smallest absolute Gasteiger partial charge is 0.239 e. The van der Waals surface area contributed by atoms with Crippen molar-refractivity contribution in [3.05, 3.63) is 41.7 Å². The van der Waals surface area contributed by atoms with E-state index in [1.807, 2.05) is 43.1 Å². The molecule has 5 rings (SSSR count). The highest BCUT2D eigenvalue weighted by Crippen LogP contribution is 2.50. The molecule has 3 aliphatic rings. The van der Waals surface area contributed by atoms with Gasteiger partial charge in [0.15, 0.2) is 0 Å². The molecule has 174 valence electrons. The number of carbonyl (C=O) groups excluding carboxylic acids is 2. The Morgan fingerprint density at radius 2 is 2.09 bits per heavy atom. The largest absolute Gasteiger partial charge is 0.456 e. The van der Waals surface area contributed by atoms with Gasteiger partial charge in [-0.05, 0) is 30.9 Å². The average Bonchev–Trinajstić information content (AvgIpc) is 3.48. The maximum Gasteiger partial charge on any atom is 0.239 e. The number of rotatable bonds is 4. The van der Waals surface area contributed by atoms with Crippen LogP contribution in [0, 0.1) is 5.92 Å². The summed E-state index contributed by atoms with van der Waals surface area (Å²) in [5.41, 5.74) is 2.93. The second-order valence-electron chi connectivity index (χ2n) is 9.61. The van der Waals surface area contributed by atoms with Gasteiger partial charge in [0.05, 0.1) is 16.5 Å². The SMILES string of the molecule is CNC(=O)C1CN(C)c2cc(Oc3ccnc4c3S[C@@](C)(C(=O)N3CC[C@@H](C)C3)C4)ccc21. The summed E-state index contributed by atoms with van der Waals surface area (Å²) in [4.78, 5) is 35.2. The first-order valence-corrected chi connectivity index (χ1v) is 12.3. The van der Waals surface area contributed by atoms with Crippen molar-refractivity contribution in [3.8, 4) is 11.5 Å². The number of hydrogen-bond donors (Lipinski definition) is 1. The lowest BCUT2D eigenvalue weighted by atomic mass is 10.0. The summed E-state index contributed by atoms with van der Waals surface area (Å²) >= 11 is 1.57. The van der Waals surface area contributed by atoms with Crippen molar-refractivity contribution >= 4 is 29.3 Å². The number of nitrogens with one attached hydrogen (secondary N) is 1. The Balaban J connectivity index is 1.38. The first kappa shape index (κ1) is 22.1. The topological polar surface area (TPSA) is 74.8 Å². The number of nitrogens with zero attached hydrogens (tertiary/aromatic N) is 3. The summed E-state index contributed by atoms with van der Waals surface area (Å²) in [5.74, 6) is 2.03. The van der Waals surface area contributed by atoms with Gasteiger partial charge in [-0.15, -0.1) is 11.8 Å². The monoisotopic (exact) mass is 466 g/mol. The first-order chi connectivity index (χ1) is 15.8. The number of likely N-dealkylation sites (tertiary alicyclic amines) is 1. The molecule has 0 saturated carbocycles. The highest BCUT2D eigenvalue weighted by Gasteiger charge is 2.46. The van der Waals surface area contributed by atoms with Crippen LogP contribution in [0.25, 0.3) is 0 Å². The number of hydrogen-bond acceptors (Lipinski definition) is 6. The lowest BCUT2D eigenvalue weighted by Gasteiger charge is -2.27. The summed E-state index contributed by atoms with van der Waals surface area (Å²) < 4.78 is 5.76. The molecule has 1 aromatic heterocycles. The fourth-order valence-electron chi connectivity index (χ4n) is 5.15. The minimum atomic E-state index is -0.558. The molecule has 1 fully saturated rings. The van der Waals surface area contributed by atoms with Gasteiger partial charge < -0.3 is 19.9 Å². The number of pyridine rings is 1. The minimum Gasteiger partial charge on any atom is -0.456 e. The number of amides is 2. The Bertz CT molecular complexity index is 1120. The number of likely N-dealkylation sites (N-methyl/N-ethyl adjacent to an activating group) is 2. The van der Waals surface area contributed by atoms with Crippen LogP contribution in [0.15, 0.2) is 35.4 Å². The number of thioether (sulfide) groups is 1. The van der Waals surface area contributed by atoms with Crippen LogP contribution < -0.4 is 15.0 Å². The fraction of sp³-hybridized carbons (Fsp3) is 0.480. The van der Waals surface area contributed by atoms with Crippen LogP contribution in [0.5, 0.6) is 11.5 Å². The van der Waals surface area contributed by atoms with E-state index in [9.17, 15) is 9.59 Å². The van der Waals surface area contributed by atoms with E-state index in [0.29, 0.717) is 24.6 Å². The predicted octanol–water partition coefficient (Wildman–Crippen LogP) is 3.43. The van der Waals surface area contributed by atoms with Gasteiger partial charge >= 0.3 is 0 Å². The van der Waals surface area contributed by atoms with Crippen LogP contribution in [0.3, 0.4) is 0 Å². The normalized spacial score (nSPS) is 25.7. The molecule has 7 nitrogen and oxygen atoms in total. The molecule has 1 saturated heterocycles. The molecule has 0 aliphatic carbocycles. The summed E-state index contributed by atoms with van der Waals surface area (Å²) in [7, 11) is 3.66. The zero-order chi connectivity index (χ0) is 23.3. The van der Waals surface area contributed by atoms with Crippen LogP contribution in [0.2, 0.25) is 0 Å². The molecule has 0 spiro atoms. The van der Waals surface area contributed by atoms with Crippen molar-refractivity contribution in [3.63, 3.8) is 0 Å². The maximum atomic E-state index is 13.3. The van der Waals surface area contributed by atoms with Gasteiger partial charge in [-0.1, -0.05) is 13.0 Å². The van der Waals surface area contributed by atoms with E-state index in [1.54, 1.807) is 25.0 Å². The van der Waals surface area contributed by atoms with Gasteiger partial charge in [-0.25, -0.2) is 0 Å². The number of ether oxygens (including phenoxy) is 1. The number of fused-ring (bicyclic) bond motifs is 2. The maximum absolute atomic E-state index is 13.3. The Morgan fingerprint density at radius 3 is 2.82 bits per heavy atom. The quantitative estimate of drug-likeness (QED) is 0.744. The molecule has 1 N–H and O–H groups in total. The molecule has 33 heavy (non-hydrogen) atoms. The Hall–Kier alpha value is -2.74. The van der Waals surface area contributed by atoms with E-state index >= 15 is 0 Å². The molecule has 0 bridgehead atoms. The van der Waals surface area contributed by atoms with Crippen LogP contribution in [0.1, 0.15) is 37.4 Å². The fourth-order valence-corrected chi connectivity index (χ4v) is 6.48. The lowest BCUT2D eigenvalue weighted by molar-refractivity contribution is -0.132. The molecule has 2 aromatic rings. The van der Waals surface area contributed by atoms with Crippen molar-refractivity contribution in [2.24, 2.45) is 5.92 Å². The van der Waals surface area contributed by atoms with Crippen molar-refractivity contribution in [2.75, 3.05) is 38.6 Å². The van der Waals surface area contributed by atoms with Crippen molar-refractivity contribution in [2.45, 2.75) is 42.2 Å². The standard InChI is InChI=1S/C25H30N4O3S/c1-15-8-10-29(13-15)24(31)25(2)12-19-22(33-25)21(7-9-27-19)32-16-5-6-17-18(23(30)26-3)14-28(4)20(17)11-16/h5-7,9,11,15,18H,8,10,12-14H2,1-4H3,(H,26,30)/t15-,18?,25-/m1/s1. The molecule has 0 radical (unpaired) electrons. The van der Waals surface area contributed by atoms with Gasteiger partial charge in [0.1, 0.15) is 16.2 Å². The molecule has 2 amide bonds. The molecule has 4 heterocycles. The molecule has 1 unspecified atom stereocenters. The summed E-state index contributed by atoms with van der Waals surface area (Å²) in [6.45, 7) is 6.54. The van der Waals surface area contributed by atoms with E-state index in [0.717, 1.165) is 47.1 Å². The number of benzene rings is 1. The van der Waals surface area contributed by atoms with Crippen molar-refractivity contribution < 1.29 is 14.3 Å². The predicted molar refractivity (Wildman–Crippen MR) is 129 cm³/mol. The van der Waals surface area contributed by atoms with Gasteiger partial charge in [-0.2, -0.15) is 0 Å². The zero-order valence-electron chi connectivity index (χ0n) is 19.6. The second kappa shape index (κ2) is 8.24. The van der Waals surface area contributed by atoms with Gasteiger partial charge in [-0.3, -0.25) is 14.6 Å². The number of anilines is 1. The van der Waals surface area contributed by atoms with E-state index in [4.69, 9.17) is 4.74 Å². The van der Waals surface area contributed by atoms with Crippen LogP contribution >= 0.6 is 11.8 Å². The number of aromatic nitrogens is 1. The first-order valence-electron chi connectivity index (χ1n) is 11.5. The highest BCUT2D eigenvalue weighted by atomic mass is 32.2. The van der Waals surface area contributed by atoms with Gasteiger partial charge in [0, 0.05) is 64.2 Å². The lowest BCUT2D eigenvalue weighted by Crippen LogP contribution is -2.43. The van der Waals surface area contributed by atoms with Crippen molar-refractivity contribution in [1.29, 1.82) is 0 Å². The minimum absolute atomic E-state index is 0.0222. The van der Waals surface area contributed by atoms with E-state index in [2.05, 4.69) is 22.1 Å². The average molecular weight is 467 g/mol. The third kappa shape index (κ3) is 3.84. The van der Waals surface area contributed by atoms with Crippen LogP contribution in [0.4, 0.5) is 5.69 Å². The van der Waals surface area contributed by atoms with E-state index < -0.39 is 4.75 Å². The molecule has 1 aromatic carbocycles. The summed E-state index contributed by atoms with van der Waals surface area (Å²) in [5, 5.41) is 2.75. The Kier molecular flexibility index (Phi) is 5.51. The molecule has 3 aliphatic heterocycles. The summed E-state index contributed by atoms with van der Waals surface area (Å²) in [6.07, 6.45) is 3.43. The Labute approximate surface area is 198 Å². The second-order valence-corrected chi connectivity index (χ2v) is 11.1. The third-order valence-corrected chi connectivity index (χ3v) is 8.38. The molecule has 3 atom stereocenters. The van der Waals surface area contributed by atoms with Crippen molar-refractivity contribution in [1.82, 2.24) is 15.2 Å². The van der Waals surface area contributed by atoms with Crippen LogP contribution in [-0.4, -0.2) is 60.2 Å². The highest BCUT2D eigenvalue weighted by molar-refractivity contribution is 8.01. The third-order valence-electron chi connectivity index (χ3n) is 6.97. The van der Waals surface area contributed by atoms with Gasteiger partial charge in [0.2, 0.25) is 11.8 Å². The van der Waals surface area contributed by atoms with E-state index in [-0.39, 0.29) is 17.7 Å². The molecular weight excluding hydrogens is 436 g/mol. The Morgan fingerprint density at radius 1 is 1.27 bits per heavy atom. The van der Waals surface area contributed by atoms with E-state index in [1.165, 1.54) is 0 Å². The van der Waals surface area contributed by atoms with Crippen LogP contribution in [-0.2, 0) is 16.0 Å². The van der Waals surface area contributed by atoms with Gasteiger partial charge in [0.25, 0.3) is 0 Å². The number of carbonyl (C=O) groups is 2.